The van der Waals surface area contributed by atoms with Crippen molar-refractivity contribution in [2.24, 2.45) is 0 Å². The minimum Gasteiger partial charge on any atom is -0.396 e. The van der Waals surface area contributed by atoms with Crippen LogP contribution in [-0.4, -0.2) is 28.2 Å². The van der Waals surface area contributed by atoms with Crippen molar-refractivity contribution < 1.29 is 10.0 Å². The number of hydrogen-bond acceptors (Lipinski definition) is 5. The Bertz CT molecular complexity index is 382. The van der Waals surface area contributed by atoms with Gasteiger partial charge in [-0.25, -0.2) is 4.98 Å². The van der Waals surface area contributed by atoms with Crippen molar-refractivity contribution in [2.75, 3.05) is 18.5 Å². The SMILES string of the molecule is Cc1ccnc(NCCCCCO)c1[N+](=O)[O-]. The lowest BCUT2D eigenvalue weighted by molar-refractivity contribution is -0.384. The van der Waals surface area contributed by atoms with E-state index in [9.17, 15) is 10.1 Å². The van der Waals surface area contributed by atoms with Crippen molar-refractivity contribution in [3.8, 4) is 0 Å². The van der Waals surface area contributed by atoms with Crippen LogP contribution in [-0.2, 0) is 0 Å². The third-order valence-corrected chi connectivity index (χ3v) is 2.44. The summed E-state index contributed by atoms with van der Waals surface area (Å²) in [6.45, 7) is 2.50. The summed E-state index contributed by atoms with van der Waals surface area (Å²) in [6, 6.07) is 1.62. The molecule has 0 radical (unpaired) electrons. The molecule has 1 aromatic heterocycles. The minimum absolute atomic E-state index is 0.0367. The molecule has 0 aliphatic heterocycles. The highest BCUT2D eigenvalue weighted by Gasteiger charge is 2.17. The van der Waals surface area contributed by atoms with E-state index in [2.05, 4.69) is 10.3 Å². The number of aromatic nitrogens is 1. The van der Waals surface area contributed by atoms with E-state index < -0.39 is 4.92 Å². The van der Waals surface area contributed by atoms with E-state index in [0.29, 0.717) is 17.9 Å². The van der Waals surface area contributed by atoms with Gasteiger partial charge in [0.2, 0.25) is 5.82 Å². The molecular formula is C11H17N3O3. The molecule has 2 N–H and O–H groups in total. The van der Waals surface area contributed by atoms with Crippen molar-refractivity contribution in [2.45, 2.75) is 26.2 Å². The lowest BCUT2D eigenvalue weighted by atomic mass is 10.2. The van der Waals surface area contributed by atoms with E-state index in [1.807, 2.05) is 0 Å². The fourth-order valence-corrected chi connectivity index (χ4v) is 1.53. The summed E-state index contributed by atoms with van der Waals surface area (Å²) in [5.41, 5.74) is 0.637. The topological polar surface area (TPSA) is 88.3 Å². The summed E-state index contributed by atoms with van der Waals surface area (Å²) < 4.78 is 0. The second-order valence-electron chi connectivity index (χ2n) is 3.79. The highest BCUT2D eigenvalue weighted by Crippen LogP contribution is 2.25. The molecule has 17 heavy (non-hydrogen) atoms. The molecule has 0 bridgehead atoms. The largest absolute Gasteiger partial charge is 0.396 e. The standard InChI is InChI=1S/C11H17N3O3/c1-9-5-7-13-11(10(9)14(16)17)12-6-3-2-4-8-15/h5,7,15H,2-4,6,8H2,1H3,(H,12,13). The molecule has 0 saturated carbocycles. The number of aliphatic hydroxyl groups is 1. The first-order chi connectivity index (χ1) is 8.16. The highest BCUT2D eigenvalue weighted by molar-refractivity contribution is 5.59. The van der Waals surface area contributed by atoms with Gasteiger partial charge in [-0.15, -0.1) is 0 Å². The van der Waals surface area contributed by atoms with Crippen LogP contribution in [0.1, 0.15) is 24.8 Å². The van der Waals surface area contributed by atoms with Crippen LogP contribution in [0.4, 0.5) is 11.5 Å². The maximum Gasteiger partial charge on any atom is 0.314 e. The van der Waals surface area contributed by atoms with Gasteiger partial charge in [0.15, 0.2) is 0 Å². The molecule has 0 fully saturated rings. The van der Waals surface area contributed by atoms with Crippen molar-refractivity contribution >= 4 is 11.5 Å². The summed E-state index contributed by atoms with van der Waals surface area (Å²) in [5, 5.41) is 22.4. The van der Waals surface area contributed by atoms with E-state index in [4.69, 9.17) is 5.11 Å². The van der Waals surface area contributed by atoms with Crippen LogP contribution in [0.5, 0.6) is 0 Å². The average molecular weight is 239 g/mol. The summed E-state index contributed by atoms with van der Waals surface area (Å²) in [4.78, 5) is 14.4. The van der Waals surface area contributed by atoms with Crippen molar-refractivity contribution in [1.82, 2.24) is 4.98 Å². The number of nitrogens with one attached hydrogen (secondary N) is 1. The molecule has 6 heteroatoms. The summed E-state index contributed by atoms with van der Waals surface area (Å²) >= 11 is 0. The molecule has 6 nitrogen and oxygen atoms in total. The molecule has 0 aliphatic carbocycles. The Morgan fingerprint density at radius 1 is 1.47 bits per heavy atom. The first-order valence-corrected chi connectivity index (χ1v) is 5.61. The predicted molar refractivity (Wildman–Crippen MR) is 65.1 cm³/mol. The molecular weight excluding hydrogens is 222 g/mol. The first kappa shape index (κ1) is 13.4. The van der Waals surface area contributed by atoms with Crippen LogP contribution in [0.2, 0.25) is 0 Å². The fourth-order valence-electron chi connectivity index (χ4n) is 1.53. The first-order valence-electron chi connectivity index (χ1n) is 5.61. The van der Waals surface area contributed by atoms with E-state index in [-0.39, 0.29) is 12.3 Å². The Kier molecular flexibility index (Phi) is 5.35. The Morgan fingerprint density at radius 2 is 2.24 bits per heavy atom. The second-order valence-corrected chi connectivity index (χ2v) is 3.79. The van der Waals surface area contributed by atoms with Gasteiger partial charge in [0.25, 0.3) is 0 Å². The number of nitrogens with zero attached hydrogens (tertiary/aromatic N) is 2. The summed E-state index contributed by atoms with van der Waals surface area (Å²) in [7, 11) is 0. The molecule has 0 amide bonds. The van der Waals surface area contributed by atoms with Gasteiger partial charge in [0.1, 0.15) is 0 Å². The lowest BCUT2D eigenvalue weighted by Gasteiger charge is -2.06. The zero-order valence-corrected chi connectivity index (χ0v) is 9.85. The van der Waals surface area contributed by atoms with E-state index in [1.165, 1.54) is 0 Å². The Labute approximate surface area is 99.8 Å². The molecule has 94 valence electrons. The molecule has 0 spiro atoms. The van der Waals surface area contributed by atoms with Gasteiger partial charge in [-0.3, -0.25) is 10.1 Å². The molecule has 1 heterocycles. The van der Waals surface area contributed by atoms with Crippen LogP contribution in [0.15, 0.2) is 12.3 Å². The van der Waals surface area contributed by atoms with Crippen molar-refractivity contribution in [3.05, 3.63) is 27.9 Å². The number of pyridine rings is 1. The summed E-state index contributed by atoms with van der Waals surface area (Å²) in [6.07, 6.45) is 4.06. The molecule has 0 aromatic carbocycles. The van der Waals surface area contributed by atoms with Gasteiger partial charge in [-0.05, 0) is 32.3 Å². The number of hydrogen-bond donors (Lipinski definition) is 2. The van der Waals surface area contributed by atoms with Gasteiger partial charge in [0.05, 0.1) is 4.92 Å². The third-order valence-electron chi connectivity index (χ3n) is 2.44. The summed E-state index contributed by atoms with van der Waals surface area (Å²) in [5.74, 6) is 0.319. The van der Waals surface area contributed by atoms with Crippen LogP contribution in [0.3, 0.4) is 0 Å². The normalized spacial score (nSPS) is 10.2. The Balaban J connectivity index is 2.58. The maximum absolute atomic E-state index is 10.9. The number of rotatable bonds is 7. The van der Waals surface area contributed by atoms with Crippen molar-refractivity contribution in [1.29, 1.82) is 0 Å². The molecule has 0 saturated heterocycles. The number of unbranched alkanes of at least 4 members (excludes halogenated alkanes) is 2. The zero-order chi connectivity index (χ0) is 12.7. The van der Waals surface area contributed by atoms with E-state index >= 15 is 0 Å². The number of aryl methyl sites for hydroxylation is 1. The average Bonchev–Trinajstić information content (AvgIpc) is 2.28. The van der Waals surface area contributed by atoms with Gasteiger partial charge < -0.3 is 10.4 Å². The van der Waals surface area contributed by atoms with Crippen LogP contribution < -0.4 is 5.32 Å². The van der Waals surface area contributed by atoms with Gasteiger partial charge in [0, 0.05) is 24.9 Å². The smallest absolute Gasteiger partial charge is 0.314 e. The Hall–Kier alpha value is -1.69. The molecule has 0 unspecified atom stereocenters. The third kappa shape index (κ3) is 3.99. The quantitative estimate of drug-likeness (QED) is 0.431. The van der Waals surface area contributed by atoms with Crippen molar-refractivity contribution in [3.63, 3.8) is 0 Å². The molecule has 0 atom stereocenters. The van der Waals surface area contributed by atoms with Gasteiger partial charge in [-0.2, -0.15) is 0 Å². The molecule has 1 rings (SSSR count). The number of nitro groups is 1. The number of aliphatic hydroxyl groups excluding tert-OH is 1. The minimum atomic E-state index is -0.418. The molecule has 1 aromatic rings. The Morgan fingerprint density at radius 3 is 2.88 bits per heavy atom. The highest BCUT2D eigenvalue weighted by atomic mass is 16.6. The van der Waals surface area contributed by atoms with Crippen LogP contribution in [0.25, 0.3) is 0 Å². The van der Waals surface area contributed by atoms with Gasteiger partial charge >= 0.3 is 5.69 Å². The maximum atomic E-state index is 10.9. The van der Waals surface area contributed by atoms with E-state index in [0.717, 1.165) is 19.3 Å². The monoisotopic (exact) mass is 239 g/mol. The zero-order valence-electron chi connectivity index (χ0n) is 9.85. The number of anilines is 1. The second kappa shape index (κ2) is 6.80. The molecule has 0 aliphatic rings. The fraction of sp³-hybridized carbons (Fsp3) is 0.545. The lowest BCUT2D eigenvalue weighted by Crippen LogP contribution is -2.07. The van der Waals surface area contributed by atoms with E-state index in [1.54, 1.807) is 19.2 Å². The predicted octanol–water partition coefficient (Wildman–Crippen LogP) is 1.87. The van der Waals surface area contributed by atoms with Gasteiger partial charge in [-0.1, -0.05) is 0 Å². The van der Waals surface area contributed by atoms with Crippen LogP contribution in [0, 0.1) is 17.0 Å². The van der Waals surface area contributed by atoms with Crippen LogP contribution >= 0.6 is 0 Å².